The van der Waals surface area contributed by atoms with Crippen LogP contribution in [-0.2, 0) is 14.9 Å². The van der Waals surface area contributed by atoms with Crippen molar-refractivity contribution >= 4 is 22.6 Å². The number of likely N-dealkylation sites (N-methyl/N-ethyl adjacent to an activating group) is 1. The van der Waals surface area contributed by atoms with Gasteiger partial charge < -0.3 is 10.1 Å². The molecule has 0 aromatic carbocycles. The van der Waals surface area contributed by atoms with Gasteiger partial charge in [-0.2, -0.15) is 17.0 Å². The van der Waals surface area contributed by atoms with Gasteiger partial charge in [0.1, 0.15) is 0 Å². The molecule has 6 nitrogen and oxygen atoms in total. The highest BCUT2D eigenvalue weighted by Gasteiger charge is 2.30. The summed E-state index contributed by atoms with van der Waals surface area (Å²) in [5, 5.41) is 3.33. The molecule has 0 aromatic heterocycles. The van der Waals surface area contributed by atoms with Crippen molar-refractivity contribution in [3.05, 3.63) is 0 Å². The zero-order chi connectivity index (χ0) is 14.3. The zero-order valence-electron chi connectivity index (χ0n) is 12.7. The molecule has 0 amide bonds. The maximum Gasteiger partial charge on any atom is 0.281 e. The summed E-state index contributed by atoms with van der Waals surface area (Å²) in [4.78, 5) is 0. The minimum absolute atomic E-state index is 0. The lowest BCUT2D eigenvalue weighted by Crippen LogP contribution is -2.47. The Morgan fingerprint density at radius 2 is 1.95 bits per heavy atom. The van der Waals surface area contributed by atoms with Crippen LogP contribution < -0.4 is 5.32 Å². The fourth-order valence-corrected chi connectivity index (χ4v) is 3.60. The standard InChI is InChI=1S/C12H27N3O3S.ClH/c1-4-13-11-12-5-7-15(8-6-12)19(16,17)14(2)9-10-18-3;/h12-13H,4-11H2,1-3H3;1H. The molecule has 0 saturated carbocycles. The number of nitrogens with one attached hydrogen (secondary N) is 1. The smallest absolute Gasteiger partial charge is 0.281 e. The summed E-state index contributed by atoms with van der Waals surface area (Å²) in [7, 11) is -0.126. The molecule has 20 heavy (non-hydrogen) atoms. The van der Waals surface area contributed by atoms with Crippen molar-refractivity contribution in [2.45, 2.75) is 19.8 Å². The summed E-state index contributed by atoms with van der Waals surface area (Å²) < 4.78 is 32.5. The number of hydrogen-bond donors (Lipinski definition) is 1. The first kappa shape index (κ1) is 20.1. The number of methoxy groups -OCH3 is 1. The monoisotopic (exact) mass is 329 g/mol. The van der Waals surface area contributed by atoms with Crippen molar-refractivity contribution in [1.82, 2.24) is 13.9 Å². The van der Waals surface area contributed by atoms with Gasteiger partial charge in [0.2, 0.25) is 0 Å². The molecule has 1 heterocycles. The molecule has 0 radical (unpaired) electrons. The van der Waals surface area contributed by atoms with E-state index < -0.39 is 10.2 Å². The second-order valence-corrected chi connectivity index (χ2v) is 7.01. The summed E-state index contributed by atoms with van der Waals surface area (Å²) in [6, 6.07) is 0. The molecule has 1 aliphatic heterocycles. The van der Waals surface area contributed by atoms with Crippen LogP contribution in [0.3, 0.4) is 0 Å². The third kappa shape index (κ3) is 5.83. The summed E-state index contributed by atoms with van der Waals surface area (Å²) in [6.45, 7) is 6.11. The summed E-state index contributed by atoms with van der Waals surface area (Å²) in [5.74, 6) is 0.593. The van der Waals surface area contributed by atoms with E-state index in [9.17, 15) is 8.42 Å². The Kier molecular flexibility index (Phi) is 9.96. The summed E-state index contributed by atoms with van der Waals surface area (Å²) >= 11 is 0. The van der Waals surface area contributed by atoms with Gasteiger partial charge in [-0.15, -0.1) is 12.4 Å². The molecule has 8 heteroatoms. The average Bonchev–Trinajstić information content (AvgIpc) is 2.42. The van der Waals surface area contributed by atoms with Crippen molar-refractivity contribution in [3.63, 3.8) is 0 Å². The maximum absolute atomic E-state index is 12.3. The third-order valence-corrected chi connectivity index (χ3v) is 5.57. The highest BCUT2D eigenvalue weighted by molar-refractivity contribution is 7.86. The predicted molar refractivity (Wildman–Crippen MR) is 83.5 cm³/mol. The number of hydrogen-bond acceptors (Lipinski definition) is 4. The molecule has 0 aromatic rings. The van der Waals surface area contributed by atoms with Gasteiger partial charge in [0.25, 0.3) is 10.2 Å². The van der Waals surface area contributed by atoms with Crippen molar-refractivity contribution in [3.8, 4) is 0 Å². The molecule has 0 spiro atoms. The van der Waals surface area contributed by atoms with Crippen molar-refractivity contribution < 1.29 is 13.2 Å². The second kappa shape index (κ2) is 9.92. The Hall–Kier alpha value is 0.0800. The molecule has 0 atom stereocenters. The normalized spacial score (nSPS) is 18.2. The molecule has 1 fully saturated rings. The summed E-state index contributed by atoms with van der Waals surface area (Å²) in [5.41, 5.74) is 0. The minimum atomic E-state index is -3.31. The van der Waals surface area contributed by atoms with E-state index in [4.69, 9.17) is 4.74 Å². The van der Waals surface area contributed by atoms with Crippen LogP contribution in [0.4, 0.5) is 0 Å². The largest absolute Gasteiger partial charge is 0.383 e. The Balaban J connectivity index is 0.00000361. The Morgan fingerprint density at radius 1 is 1.35 bits per heavy atom. The van der Waals surface area contributed by atoms with E-state index in [1.807, 2.05) is 0 Å². The number of rotatable bonds is 8. The molecule has 1 rings (SSSR count). The molecule has 1 N–H and O–H groups in total. The molecule has 0 unspecified atom stereocenters. The lowest BCUT2D eigenvalue weighted by atomic mass is 9.98. The van der Waals surface area contributed by atoms with Gasteiger partial charge in [-0.3, -0.25) is 0 Å². The molecular weight excluding hydrogens is 302 g/mol. The number of ether oxygens (including phenoxy) is 1. The fourth-order valence-electron chi connectivity index (χ4n) is 2.22. The Labute approximate surface area is 129 Å². The third-order valence-electron chi connectivity index (χ3n) is 3.59. The van der Waals surface area contributed by atoms with E-state index in [1.54, 1.807) is 18.5 Å². The maximum atomic E-state index is 12.3. The summed E-state index contributed by atoms with van der Waals surface area (Å²) in [6.07, 6.45) is 1.87. The van der Waals surface area contributed by atoms with Crippen molar-refractivity contribution in [2.75, 3.05) is 53.5 Å². The van der Waals surface area contributed by atoms with Gasteiger partial charge >= 0.3 is 0 Å². The number of piperidine rings is 1. The van der Waals surface area contributed by atoms with Crippen molar-refractivity contribution in [1.29, 1.82) is 0 Å². The molecule has 1 saturated heterocycles. The van der Waals surface area contributed by atoms with Crippen LogP contribution in [0, 0.1) is 5.92 Å². The zero-order valence-corrected chi connectivity index (χ0v) is 14.3. The molecular formula is C12H28ClN3O3S. The first-order valence-electron chi connectivity index (χ1n) is 6.93. The van der Waals surface area contributed by atoms with Crippen LogP contribution in [0.1, 0.15) is 19.8 Å². The van der Waals surface area contributed by atoms with E-state index in [0.717, 1.165) is 25.9 Å². The van der Waals surface area contributed by atoms with Crippen LogP contribution in [0.2, 0.25) is 0 Å². The Bertz CT molecular complexity index is 346. The van der Waals surface area contributed by atoms with E-state index in [2.05, 4.69) is 12.2 Å². The quantitative estimate of drug-likeness (QED) is 0.706. The van der Waals surface area contributed by atoms with E-state index in [1.165, 1.54) is 4.31 Å². The lowest BCUT2D eigenvalue weighted by molar-refractivity contribution is 0.180. The predicted octanol–water partition coefficient (Wildman–Crippen LogP) is 0.553. The molecule has 0 bridgehead atoms. The van der Waals surface area contributed by atoms with Crippen LogP contribution in [0.5, 0.6) is 0 Å². The SMILES string of the molecule is CCNCC1CCN(S(=O)(=O)N(C)CCOC)CC1.Cl. The van der Waals surface area contributed by atoms with Gasteiger partial charge in [0, 0.05) is 33.8 Å². The van der Waals surface area contributed by atoms with E-state index in [-0.39, 0.29) is 12.4 Å². The van der Waals surface area contributed by atoms with E-state index in [0.29, 0.717) is 32.2 Å². The van der Waals surface area contributed by atoms with Gasteiger partial charge in [0.15, 0.2) is 0 Å². The lowest BCUT2D eigenvalue weighted by Gasteiger charge is -2.33. The number of nitrogens with zero attached hydrogens (tertiary/aromatic N) is 2. The van der Waals surface area contributed by atoms with Crippen LogP contribution >= 0.6 is 12.4 Å². The van der Waals surface area contributed by atoms with Crippen LogP contribution in [0.15, 0.2) is 0 Å². The van der Waals surface area contributed by atoms with Gasteiger partial charge in [-0.05, 0) is 31.8 Å². The first-order chi connectivity index (χ1) is 9.02. The van der Waals surface area contributed by atoms with Gasteiger partial charge in [-0.1, -0.05) is 6.92 Å². The first-order valence-corrected chi connectivity index (χ1v) is 8.33. The van der Waals surface area contributed by atoms with Gasteiger partial charge in [-0.25, -0.2) is 0 Å². The highest BCUT2D eigenvalue weighted by atomic mass is 35.5. The second-order valence-electron chi connectivity index (χ2n) is 4.97. The minimum Gasteiger partial charge on any atom is -0.383 e. The van der Waals surface area contributed by atoms with Crippen molar-refractivity contribution in [2.24, 2.45) is 5.92 Å². The number of halogens is 1. The molecule has 0 aliphatic carbocycles. The van der Waals surface area contributed by atoms with Crippen LogP contribution in [-0.4, -0.2) is 70.5 Å². The van der Waals surface area contributed by atoms with E-state index >= 15 is 0 Å². The fraction of sp³-hybridized carbons (Fsp3) is 1.00. The Morgan fingerprint density at radius 3 is 2.45 bits per heavy atom. The topological polar surface area (TPSA) is 61.9 Å². The average molecular weight is 330 g/mol. The van der Waals surface area contributed by atoms with Gasteiger partial charge in [0.05, 0.1) is 6.61 Å². The van der Waals surface area contributed by atoms with Crippen LogP contribution in [0.25, 0.3) is 0 Å². The molecule has 1 aliphatic rings. The highest BCUT2D eigenvalue weighted by Crippen LogP contribution is 2.20. The molecule has 122 valence electrons.